The number of piperidine rings is 1. The highest BCUT2D eigenvalue weighted by atomic mass is 79.9. The highest BCUT2D eigenvalue weighted by Crippen LogP contribution is 2.29. The lowest BCUT2D eigenvalue weighted by atomic mass is 9.98. The second-order valence-corrected chi connectivity index (χ2v) is 7.50. The monoisotopic (exact) mass is 396 g/mol. The number of carbonyl (C=O) groups excluding carboxylic acids is 2. The molecule has 24 heavy (non-hydrogen) atoms. The lowest BCUT2D eigenvalue weighted by molar-refractivity contribution is -0.138. The second-order valence-electron chi connectivity index (χ2n) is 6.65. The van der Waals surface area contributed by atoms with E-state index >= 15 is 0 Å². The molecule has 130 valence electrons. The fourth-order valence-electron chi connectivity index (χ4n) is 3.59. The molecular weight excluding hydrogens is 375 g/mol. The average molecular weight is 397 g/mol. The molecule has 2 amide bonds. The minimum absolute atomic E-state index is 0.00843. The van der Waals surface area contributed by atoms with Crippen LogP contribution in [0.3, 0.4) is 0 Å². The predicted molar refractivity (Wildman–Crippen MR) is 92.9 cm³/mol. The third-order valence-corrected chi connectivity index (χ3v) is 5.76. The van der Waals surface area contributed by atoms with Crippen LogP contribution < -0.4 is 0 Å². The van der Waals surface area contributed by atoms with Crippen LogP contribution in [0.1, 0.15) is 43.7 Å². The fraction of sp³-hybridized carbons (Fsp3) is 0.556. The fourth-order valence-corrected chi connectivity index (χ4v) is 4.16. The summed E-state index contributed by atoms with van der Waals surface area (Å²) in [6, 6.07) is 3.06. The van der Waals surface area contributed by atoms with Crippen LogP contribution in [-0.2, 0) is 22.6 Å². The summed E-state index contributed by atoms with van der Waals surface area (Å²) in [6.45, 7) is 3.56. The summed E-state index contributed by atoms with van der Waals surface area (Å²) in [6.07, 6.45) is 3.47. The standard InChI is InChI=1S/C18H22BrFN2O2/c1-12(22-8-3-2-4-17(22)23)10-18(24)21-9-7-13-14(11-21)16(20)6-5-15(13)19/h5-6,12H,2-4,7-11H2,1H3/t12-/m0/s1. The number of benzene rings is 1. The second kappa shape index (κ2) is 7.21. The third kappa shape index (κ3) is 3.48. The van der Waals surface area contributed by atoms with Crippen molar-refractivity contribution in [2.45, 2.75) is 51.6 Å². The summed E-state index contributed by atoms with van der Waals surface area (Å²) < 4.78 is 15.0. The SMILES string of the molecule is C[C@@H](CC(=O)N1CCc2c(Br)ccc(F)c2C1)N1CCCCC1=O. The molecule has 0 aliphatic carbocycles. The zero-order valence-corrected chi connectivity index (χ0v) is 15.4. The van der Waals surface area contributed by atoms with Gasteiger partial charge >= 0.3 is 0 Å². The van der Waals surface area contributed by atoms with E-state index in [0.717, 1.165) is 29.4 Å². The summed E-state index contributed by atoms with van der Waals surface area (Å²) in [5, 5.41) is 0. The number of halogens is 2. The first-order valence-electron chi connectivity index (χ1n) is 8.50. The number of fused-ring (bicyclic) bond motifs is 1. The molecule has 2 aliphatic rings. The Labute approximate surface area is 150 Å². The number of rotatable bonds is 3. The van der Waals surface area contributed by atoms with Crippen molar-refractivity contribution in [3.8, 4) is 0 Å². The first kappa shape index (κ1) is 17.4. The molecule has 1 aromatic carbocycles. The van der Waals surface area contributed by atoms with Gasteiger partial charge in [0.1, 0.15) is 5.82 Å². The number of carbonyl (C=O) groups is 2. The molecule has 1 fully saturated rings. The van der Waals surface area contributed by atoms with E-state index in [4.69, 9.17) is 0 Å². The van der Waals surface area contributed by atoms with Crippen LogP contribution in [0.4, 0.5) is 4.39 Å². The van der Waals surface area contributed by atoms with Crippen molar-refractivity contribution in [2.24, 2.45) is 0 Å². The molecule has 0 bridgehead atoms. The van der Waals surface area contributed by atoms with Crippen molar-refractivity contribution in [3.63, 3.8) is 0 Å². The molecule has 0 unspecified atom stereocenters. The molecule has 0 aromatic heterocycles. The minimum Gasteiger partial charge on any atom is -0.339 e. The van der Waals surface area contributed by atoms with Gasteiger partial charge in [0.15, 0.2) is 0 Å². The van der Waals surface area contributed by atoms with E-state index in [0.29, 0.717) is 37.9 Å². The van der Waals surface area contributed by atoms with Gasteiger partial charge in [-0.2, -0.15) is 0 Å². The van der Waals surface area contributed by atoms with E-state index in [1.54, 1.807) is 11.0 Å². The highest BCUT2D eigenvalue weighted by Gasteiger charge is 2.29. The molecular formula is C18H22BrFN2O2. The number of hydrogen-bond acceptors (Lipinski definition) is 2. The molecule has 0 radical (unpaired) electrons. The van der Waals surface area contributed by atoms with Crippen LogP contribution >= 0.6 is 15.9 Å². The average Bonchev–Trinajstić information content (AvgIpc) is 2.58. The molecule has 3 rings (SSSR count). The predicted octanol–water partition coefficient (Wildman–Crippen LogP) is 3.26. The minimum atomic E-state index is -0.259. The van der Waals surface area contributed by atoms with Crippen molar-refractivity contribution in [1.82, 2.24) is 9.80 Å². The summed E-state index contributed by atoms with van der Waals surface area (Å²) in [7, 11) is 0. The summed E-state index contributed by atoms with van der Waals surface area (Å²) in [5.74, 6) is -0.128. The number of amides is 2. The van der Waals surface area contributed by atoms with Crippen LogP contribution in [-0.4, -0.2) is 40.7 Å². The van der Waals surface area contributed by atoms with Crippen molar-refractivity contribution >= 4 is 27.7 Å². The van der Waals surface area contributed by atoms with E-state index in [-0.39, 0.29) is 23.7 Å². The van der Waals surface area contributed by atoms with E-state index in [2.05, 4.69) is 15.9 Å². The van der Waals surface area contributed by atoms with E-state index in [9.17, 15) is 14.0 Å². The Kier molecular flexibility index (Phi) is 5.23. The van der Waals surface area contributed by atoms with Gasteiger partial charge in [-0.15, -0.1) is 0 Å². The molecule has 4 nitrogen and oxygen atoms in total. The van der Waals surface area contributed by atoms with Crippen LogP contribution in [0.2, 0.25) is 0 Å². The topological polar surface area (TPSA) is 40.6 Å². The summed E-state index contributed by atoms with van der Waals surface area (Å²) >= 11 is 3.46. The largest absolute Gasteiger partial charge is 0.339 e. The van der Waals surface area contributed by atoms with Gasteiger partial charge in [0, 0.05) is 48.6 Å². The normalized spacial score (nSPS) is 19.2. The Morgan fingerprint density at radius 2 is 2.04 bits per heavy atom. The Hall–Kier alpha value is -1.43. The molecule has 0 N–H and O–H groups in total. The van der Waals surface area contributed by atoms with Crippen molar-refractivity contribution < 1.29 is 14.0 Å². The zero-order valence-electron chi connectivity index (χ0n) is 13.9. The van der Waals surface area contributed by atoms with Gasteiger partial charge in [0.25, 0.3) is 0 Å². The van der Waals surface area contributed by atoms with Gasteiger partial charge in [-0.25, -0.2) is 4.39 Å². The molecule has 1 atom stereocenters. The van der Waals surface area contributed by atoms with Crippen LogP contribution in [0.5, 0.6) is 0 Å². The summed E-state index contributed by atoms with van der Waals surface area (Å²) in [4.78, 5) is 28.1. The Morgan fingerprint density at radius 1 is 1.25 bits per heavy atom. The van der Waals surface area contributed by atoms with Crippen molar-refractivity contribution in [3.05, 3.63) is 33.5 Å². The van der Waals surface area contributed by atoms with Crippen molar-refractivity contribution in [1.29, 1.82) is 0 Å². The smallest absolute Gasteiger partial charge is 0.224 e. The van der Waals surface area contributed by atoms with Gasteiger partial charge in [-0.05, 0) is 43.9 Å². The Balaban J connectivity index is 1.66. The number of likely N-dealkylation sites (tertiary alicyclic amines) is 1. The quantitative estimate of drug-likeness (QED) is 0.786. The Bertz CT molecular complexity index is 665. The Morgan fingerprint density at radius 3 is 2.79 bits per heavy atom. The third-order valence-electron chi connectivity index (χ3n) is 5.01. The van der Waals surface area contributed by atoms with Gasteiger partial charge < -0.3 is 9.80 Å². The molecule has 1 aromatic rings. The first-order valence-corrected chi connectivity index (χ1v) is 9.29. The van der Waals surface area contributed by atoms with Gasteiger partial charge in [-0.1, -0.05) is 15.9 Å². The molecule has 0 saturated carbocycles. The number of nitrogens with zero attached hydrogens (tertiary/aromatic N) is 2. The molecule has 6 heteroatoms. The maximum Gasteiger partial charge on any atom is 0.224 e. The van der Waals surface area contributed by atoms with Crippen LogP contribution in [0.25, 0.3) is 0 Å². The molecule has 1 saturated heterocycles. The summed E-state index contributed by atoms with van der Waals surface area (Å²) in [5.41, 5.74) is 1.56. The van der Waals surface area contributed by atoms with Crippen LogP contribution in [0, 0.1) is 5.82 Å². The van der Waals surface area contributed by atoms with Gasteiger partial charge in [0.05, 0.1) is 0 Å². The lowest BCUT2D eigenvalue weighted by Gasteiger charge is -2.35. The molecule has 2 heterocycles. The molecule has 2 aliphatic heterocycles. The maximum atomic E-state index is 14.1. The van der Waals surface area contributed by atoms with Crippen molar-refractivity contribution in [2.75, 3.05) is 13.1 Å². The first-order chi connectivity index (χ1) is 11.5. The highest BCUT2D eigenvalue weighted by molar-refractivity contribution is 9.10. The molecule has 0 spiro atoms. The number of hydrogen-bond donors (Lipinski definition) is 0. The van der Waals surface area contributed by atoms with E-state index < -0.39 is 0 Å². The van der Waals surface area contributed by atoms with Gasteiger partial charge in [-0.3, -0.25) is 9.59 Å². The van der Waals surface area contributed by atoms with Crippen LogP contribution in [0.15, 0.2) is 16.6 Å². The van der Waals surface area contributed by atoms with E-state index in [1.165, 1.54) is 6.07 Å². The maximum absolute atomic E-state index is 14.1. The lowest BCUT2D eigenvalue weighted by Crippen LogP contribution is -2.45. The van der Waals surface area contributed by atoms with E-state index in [1.807, 2.05) is 11.8 Å². The van der Waals surface area contributed by atoms with Gasteiger partial charge in [0.2, 0.25) is 11.8 Å². The zero-order chi connectivity index (χ0) is 17.3.